The van der Waals surface area contributed by atoms with Crippen LogP contribution in [0.2, 0.25) is 0 Å². The van der Waals surface area contributed by atoms with Crippen LogP contribution >= 0.6 is 0 Å². The second-order valence-electron chi connectivity index (χ2n) is 5.95. The molecule has 10 heteroatoms. The van der Waals surface area contributed by atoms with Crippen molar-refractivity contribution < 1.29 is 31.4 Å². The zero-order chi connectivity index (χ0) is 18.9. The van der Waals surface area contributed by atoms with Crippen LogP contribution in [0.15, 0.2) is 35.5 Å². The number of pyridine rings is 1. The molecule has 3 atom stereocenters. The SMILES string of the molecule is N#Cc1cncc(Oc2ccc3c4c2C(F)C(O)C4C(F)(F)S3(=O)=O)c1. The van der Waals surface area contributed by atoms with Gasteiger partial charge in [0.25, 0.3) is 0 Å². The molecule has 1 aliphatic heterocycles. The lowest BCUT2D eigenvalue weighted by Gasteiger charge is -2.20. The zero-order valence-electron chi connectivity index (χ0n) is 12.7. The summed E-state index contributed by atoms with van der Waals surface area (Å²) in [5, 5.41) is 14.5. The molecule has 0 fully saturated rings. The Morgan fingerprint density at radius 1 is 1.27 bits per heavy atom. The molecule has 2 heterocycles. The molecule has 26 heavy (non-hydrogen) atoms. The number of sulfone groups is 1. The number of rotatable bonds is 2. The summed E-state index contributed by atoms with van der Waals surface area (Å²) in [7, 11) is -5.03. The van der Waals surface area contributed by atoms with Crippen LogP contribution in [-0.4, -0.2) is 29.9 Å². The average molecular weight is 382 g/mol. The van der Waals surface area contributed by atoms with Crippen LogP contribution in [0.1, 0.15) is 28.8 Å². The molecule has 3 unspecified atom stereocenters. The van der Waals surface area contributed by atoms with Gasteiger partial charge in [-0.2, -0.15) is 14.0 Å². The highest BCUT2D eigenvalue weighted by Crippen LogP contribution is 2.62. The van der Waals surface area contributed by atoms with Gasteiger partial charge in [0.05, 0.1) is 22.6 Å². The van der Waals surface area contributed by atoms with E-state index >= 15 is 0 Å². The normalized spacial score (nSPS) is 27.0. The number of nitrogens with zero attached hydrogens (tertiary/aromatic N) is 2. The Bertz CT molecular complexity index is 1080. The summed E-state index contributed by atoms with van der Waals surface area (Å²) in [6, 6.07) is 5.09. The maximum Gasteiger partial charge on any atom is 0.359 e. The topological polar surface area (TPSA) is 100 Å². The van der Waals surface area contributed by atoms with E-state index in [1.54, 1.807) is 0 Å². The third kappa shape index (κ3) is 1.95. The van der Waals surface area contributed by atoms with Crippen LogP contribution in [0.4, 0.5) is 13.2 Å². The summed E-state index contributed by atoms with van der Waals surface area (Å²) >= 11 is 0. The molecule has 1 N–H and O–H groups in total. The van der Waals surface area contributed by atoms with E-state index in [9.17, 15) is 26.7 Å². The standard InChI is InChI=1S/C16H9F3N2O4S/c17-14-11-9(25-8-3-7(4-20)5-21-6-8)1-2-10-12(11)13(15(14)22)16(18,19)26(10,23)24/h1-3,5-6,13-15,22H. The fourth-order valence-electron chi connectivity index (χ4n) is 3.38. The van der Waals surface area contributed by atoms with E-state index in [1.807, 2.05) is 6.07 Å². The molecule has 6 nitrogen and oxygen atoms in total. The molecular weight excluding hydrogens is 373 g/mol. The van der Waals surface area contributed by atoms with E-state index in [-0.39, 0.29) is 17.1 Å². The lowest BCUT2D eigenvalue weighted by atomic mass is 10.0. The molecule has 4 rings (SSSR count). The van der Waals surface area contributed by atoms with Crippen LogP contribution in [-0.2, 0) is 9.84 Å². The number of halogens is 3. The summed E-state index contributed by atoms with van der Waals surface area (Å²) in [5.74, 6) is -2.37. The molecule has 0 radical (unpaired) electrons. The average Bonchev–Trinajstić information content (AvgIpc) is 2.95. The molecule has 0 saturated heterocycles. The largest absolute Gasteiger partial charge is 0.455 e. The highest BCUT2D eigenvalue weighted by atomic mass is 32.2. The highest BCUT2D eigenvalue weighted by molar-refractivity contribution is 7.92. The Morgan fingerprint density at radius 2 is 2.00 bits per heavy atom. The third-order valence-electron chi connectivity index (χ3n) is 4.52. The Balaban J connectivity index is 1.89. The number of hydrogen-bond donors (Lipinski definition) is 1. The minimum absolute atomic E-state index is 0.0398. The maximum atomic E-state index is 14.6. The molecule has 0 bridgehead atoms. The molecule has 0 saturated carbocycles. The lowest BCUT2D eigenvalue weighted by molar-refractivity contribution is -0.0174. The molecule has 1 aliphatic carbocycles. The molecule has 2 aromatic rings. The van der Waals surface area contributed by atoms with Gasteiger partial charge in [-0.3, -0.25) is 4.98 Å². The quantitative estimate of drug-likeness (QED) is 0.857. The summed E-state index contributed by atoms with van der Waals surface area (Å²) in [6.45, 7) is 0. The van der Waals surface area contributed by atoms with Crippen molar-refractivity contribution >= 4 is 9.84 Å². The minimum Gasteiger partial charge on any atom is -0.455 e. The Labute approximate surface area is 145 Å². The first-order chi connectivity index (χ1) is 12.2. The number of nitriles is 1. The fourth-order valence-corrected chi connectivity index (χ4v) is 5.04. The third-order valence-corrected chi connectivity index (χ3v) is 6.42. The first-order valence-corrected chi connectivity index (χ1v) is 8.83. The lowest BCUT2D eigenvalue weighted by Crippen LogP contribution is -2.35. The number of aromatic nitrogens is 1. The fraction of sp³-hybridized carbons (Fsp3) is 0.250. The highest BCUT2D eigenvalue weighted by Gasteiger charge is 2.68. The van der Waals surface area contributed by atoms with Crippen molar-refractivity contribution in [3.63, 3.8) is 0 Å². The Hall–Kier alpha value is -2.64. The van der Waals surface area contributed by atoms with Gasteiger partial charge in [0.15, 0.2) is 6.17 Å². The van der Waals surface area contributed by atoms with Crippen molar-refractivity contribution in [2.75, 3.05) is 0 Å². The summed E-state index contributed by atoms with van der Waals surface area (Å²) in [5.41, 5.74) is -0.732. The van der Waals surface area contributed by atoms with Crippen LogP contribution in [0, 0.1) is 11.3 Å². The van der Waals surface area contributed by atoms with Gasteiger partial charge < -0.3 is 9.84 Å². The summed E-state index contributed by atoms with van der Waals surface area (Å²) in [6.07, 6.45) is -1.97. The molecule has 1 aromatic carbocycles. The van der Waals surface area contributed by atoms with E-state index in [0.717, 1.165) is 12.1 Å². The Morgan fingerprint density at radius 3 is 2.69 bits per heavy atom. The van der Waals surface area contributed by atoms with Gasteiger partial charge in [-0.25, -0.2) is 12.8 Å². The van der Waals surface area contributed by atoms with Crippen LogP contribution < -0.4 is 4.74 Å². The molecular formula is C16H9F3N2O4S. The van der Waals surface area contributed by atoms with Crippen molar-refractivity contribution in [3.8, 4) is 17.6 Å². The smallest absolute Gasteiger partial charge is 0.359 e. The molecule has 0 amide bonds. The van der Waals surface area contributed by atoms with E-state index in [4.69, 9.17) is 10.00 Å². The van der Waals surface area contributed by atoms with E-state index in [1.165, 1.54) is 18.5 Å². The molecule has 2 aliphatic rings. The van der Waals surface area contributed by atoms with Crippen molar-refractivity contribution in [2.24, 2.45) is 0 Å². The second-order valence-corrected chi connectivity index (χ2v) is 7.94. The number of benzene rings is 1. The van der Waals surface area contributed by atoms with E-state index in [2.05, 4.69) is 4.98 Å². The first kappa shape index (κ1) is 16.8. The number of alkyl halides is 3. The maximum absolute atomic E-state index is 14.6. The summed E-state index contributed by atoms with van der Waals surface area (Å²) in [4.78, 5) is 3.05. The van der Waals surface area contributed by atoms with Crippen molar-refractivity contribution in [1.29, 1.82) is 5.26 Å². The van der Waals surface area contributed by atoms with Gasteiger partial charge in [0.2, 0.25) is 9.84 Å². The monoisotopic (exact) mass is 382 g/mol. The number of aliphatic hydroxyl groups excluding tert-OH is 1. The summed E-state index contributed by atoms with van der Waals surface area (Å²) < 4.78 is 72.7. The zero-order valence-corrected chi connectivity index (χ0v) is 13.5. The van der Waals surface area contributed by atoms with Crippen LogP contribution in [0.5, 0.6) is 11.5 Å². The minimum atomic E-state index is -5.03. The first-order valence-electron chi connectivity index (χ1n) is 7.34. The predicted octanol–water partition coefficient (Wildman–Crippen LogP) is 2.59. The van der Waals surface area contributed by atoms with Gasteiger partial charge in [-0.15, -0.1) is 0 Å². The van der Waals surface area contributed by atoms with Crippen LogP contribution in [0.25, 0.3) is 0 Å². The van der Waals surface area contributed by atoms with Gasteiger partial charge in [0.1, 0.15) is 23.7 Å². The van der Waals surface area contributed by atoms with Gasteiger partial charge >= 0.3 is 5.25 Å². The molecule has 1 aromatic heterocycles. The molecule has 134 valence electrons. The Kier molecular flexibility index (Phi) is 3.35. The van der Waals surface area contributed by atoms with Gasteiger partial charge in [-0.1, -0.05) is 0 Å². The van der Waals surface area contributed by atoms with Crippen LogP contribution in [0.3, 0.4) is 0 Å². The predicted molar refractivity (Wildman–Crippen MR) is 80.2 cm³/mol. The van der Waals surface area contributed by atoms with Gasteiger partial charge in [0, 0.05) is 17.8 Å². The molecule has 0 spiro atoms. The van der Waals surface area contributed by atoms with Crippen molar-refractivity contribution in [1.82, 2.24) is 4.98 Å². The second kappa shape index (κ2) is 5.18. The number of aliphatic hydroxyl groups is 1. The van der Waals surface area contributed by atoms with Crippen molar-refractivity contribution in [2.45, 2.75) is 28.3 Å². The van der Waals surface area contributed by atoms with Crippen molar-refractivity contribution in [3.05, 3.63) is 47.3 Å². The number of hydrogen-bond acceptors (Lipinski definition) is 6. The van der Waals surface area contributed by atoms with E-state index < -0.39 is 49.3 Å². The van der Waals surface area contributed by atoms with E-state index in [0.29, 0.717) is 0 Å². The number of ether oxygens (including phenoxy) is 1. The van der Waals surface area contributed by atoms with Gasteiger partial charge in [-0.05, 0) is 17.7 Å².